The van der Waals surface area contributed by atoms with Crippen LogP contribution >= 0.6 is 0 Å². The molecular formula is C14H24N2O4S. The minimum absolute atomic E-state index is 0.162. The molecule has 1 aromatic carbocycles. The number of rotatable bonds is 10. The summed E-state index contributed by atoms with van der Waals surface area (Å²) in [6.07, 6.45) is 2.98. The zero-order chi connectivity index (χ0) is 15.7. The quantitative estimate of drug-likeness (QED) is 0.502. The van der Waals surface area contributed by atoms with Crippen LogP contribution in [0.1, 0.15) is 12.8 Å². The standard InChI is InChI=1S/C14H24N2O4S/c1-19-10-11-20-9-4-3-8-16-12-6-5-7-13(14(12)15)21(2,17)18/h5-7,16H,3-4,8-11,15H2,1-2H3. The van der Waals surface area contributed by atoms with E-state index in [-0.39, 0.29) is 10.6 Å². The summed E-state index contributed by atoms with van der Waals surface area (Å²) in [7, 11) is -1.66. The highest BCUT2D eigenvalue weighted by atomic mass is 32.2. The van der Waals surface area contributed by atoms with Crippen LogP contribution in [0.2, 0.25) is 0 Å². The molecule has 0 heterocycles. The maximum atomic E-state index is 11.6. The van der Waals surface area contributed by atoms with Gasteiger partial charge >= 0.3 is 0 Å². The third-order valence-electron chi connectivity index (χ3n) is 2.93. The van der Waals surface area contributed by atoms with Gasteiger partial charge < -0.3 is 20.5 Å². The highest BCUT2D eigenvalue weighted by Gasteiger charge is 2.13. The predicted octanol–water partition coefficient (Wildman–Crippen LogP) is 1.53. The van der Waals surface area contributed by atoms with Gasteiger partial charge in [0.15, 0.2) is 9.84 Å². The number of unbranched alkanes of at least 4 members (excludes halogenated alkanes) is 1. The maximum absolute atomic E-state index is 11.6. The van der Waals surface area contributed by atoms with Crippen LogP contribution in [0.3, 0.4) is 0 Å². The molecule has 0 spiro atoms. The molecule has 0 bridgehead atoms. The molecule has 0 atom stereocenters. The fourth-order valence-corrected chi connectivity index (χ4v) is 2.65. The Morgan fingerprint density at radius 2 is 1.95 bits per heavy atom. The molecule has 0 saturated carbocycles. The number of anilines is 2. The van der Waals surface area contributed by atoms with Crippen LogP contribution in [0.15, 0.2) is 23.1 Å². The molecule has 0 aliphatic carbocycles. The van der Waals surface area contributed by atoms with E-state index in [1.54, 1.807) is 19.2 Å². The Bertz CT molecular complexity index is 532. The van der Waals surface area contributed by atoms with Crippen molar-refractivity contribution >= 4 is 21.2 Å². The number of nitrogens with one attached hydrogen (secondary N) is 1. The van der Waals surface area contributed by atoms with Crippen molar-refractivity contribution in [2.75, 3.05) is 50.8 Å². The van der Waals surface area contributed by atoms with E-state index in [1.807, 2.05) is 0 Å². The molecule has 7 heteroatoms. The Kier molecular flexibility index (Phi) is 7.49. The smallest absolute Gasteiger partial charge is 0.177 e. The van der Waals surface area contributed by atoms with Crippen molar-refractivity contribution in [3.05, 3.63) is 18.2 Å². The zero-order valence-corrected chi connectivity index (χ0v) is 13.4. The van der Waals surface area contributed by atoms with Crippen molar-refractivity contribution in [2.45, 2.75) is 17.7 Å². The fourth-order valence-electron chi connectivity index (χ4n) is 1.82. The van der Waals surface area contributed by atoms with Crippen LogP contribution in [0.5, 0.6) is 0 Å². The monoisotopic (exact) mass is 316 g/mol. The SMILES string of the molecule is COCCOCCCCNc1cccc(S(C)(=O)=O)c1N. The Balaban J connectivity index is 2.36. The minimum Gasteiger partial charge on any atom is -0.396 e. The molecule has 0 aliphatic rings. The lowest BCUT2D eigenvalue weighted by molar-refractivity contribution is 0.0691. The van der Waals surface area contributed by atoms with Crippen molar-refractivity contribution < 1.29 is 17.9 Å². The number of nitrogens with two attached hydrogens (primary N) is 1. The third-order valence-corrected chi connectivity index (χ3v) is 4.08. The predicted molar refractivity (Wildman–Crippen MR) is 84.4 cm³/mol. The third kappa shape index (κ3) is 6.33. The Hall–Kier alpha value is -1.31. The van der Waals surface area contributed by atoms with Gasteiger partial charge in [-0.05, 0) is 25.0 Å². The van der Waals surface area contributed by atoms with E-state index in [1.165, 1.54) is 6.07 Å². The molecule has 6 nitrogen and oxygen atoms in total. The second kappa shape index (κ2) is 8.86. The molecule has 0 amide bonds. The van der Waals surface area contributed by atoms with Crippen molar-refractivity contribution in [1.82, 2.24) is 0 Å². The van der Waals surface area contributed by atoms with Gasteiger partial charge in [-0.1, -0.05) is 6.07 Å². The van der Waals surface area contributed by atoms with E-state index in [0.29, 0.717) is 32.1 Å². The maximum Gasteiger partial charge on any atom is 0.177 e. The summed E-state index contributed by atoms with van der Waals surface area (Å²) in [6, 6.07) is 4.97. The van der Waals surface area contributed by atoms with Gasteiger partial charge in [0.05, 0.1) is 29.5 Å². The van der Waals surface area contributed by atoms with Crippen LogP contribution < -0.4 is 11.1 Å². The first-order valence-corrected chi connectivity index (χ1v) is 8.75. The van der Waals surface area contributed by atoms with Crippen LogP contribution in [-0.2, 0) is 19.3 Å². The molecule has 1 aromatic rings. The topological polar surface area (TPSA) is 90.6 Å². The van der Waals surface area contributed by atoms with Crippen LogP contribution in [0, 0.1) is 0 Å². The molecule has 3 N–H and O–H groups in total. The van der Waals surface area contributed by atoms with E-state index >= 15 is 0 Å². The number of benzene rings is 1. The average molecular weight is 316 g/mol. The first-order chi connectivity index (χ1) is 9.96. The van der Waals surface area contributed by atoms with Crippen LogP contribution in [0.4, 0.5) is 11.4 Å². The van der Waals surface area contributed by atoms with Crippen molar-refractivity contribution in [2.24, 2.45) is 0 Å². The summed E-state index contributed by atoms with van der Waals surface area (Å²) in [5, 5.41) is 3.16. The molecule has 0 fully saturated rings. The van der Waals surface area contributed by atoms with Gasteiger partial charge in [0.25, 0.3) is 0 Å². The molecule has 0 saturated heterocycles. The highest BCUT2D eigenvalue weighted by Crippen LogP contribution is 2.26. The first-order valence-electron chi connectivity index (χ1n) is 6.86. The lowest BCUT2D eigenvalue weighted by Crippen LogP contribution is -2.09. The number of methoxy groups -OCH3 is 1. The number of para-hydroxylation sites is 1. The molecule has 1 rings (SSSR count). The molecule has 0 unspecified atom stereocenters. The summed E-state index contributed by atoms with van der Waals surface area (Å²) >= 11 is 0. The number of hydrogen-bond acceptors (Lipinski definition) is 6. The summed E-state index contributed by atoms with van der Waals surface area (Å²) < 4.78 is 33.4. The number of hydrogen-bond donors (Lipinski definition) is 2. The fraction of sp³-hybridized carbons (Fsp3) is 0.571. The number of ether oxygens (including phenoxy) is 2. The van der Waals surface area contributed by atoms with Gasteiger partial charge in [-0.3, -0.25) is 0 Å². The average Bonchev–Trinajstić information content (AvgIpc) is 2.42. The van der Waals surface area contributed by atoms with E-state index in [2.05, 4.69) is 5.32 Å². The van der Waals surface area contributed by atoms with E-state index in [0.717, 1.165) is 19.1 Å². The van der Waals surface area contributed by atoms with E-state index < -0.39 is 9.84 Å². The Labute approximate surface area is 126 Å². The van der Waals surface area contributed by atoms with E-state index in [4.69, 9.17) is 15.2 Å². The van der Waals surface area contributed by atoms with Gasteiger partial charge in [0, 0.05) is 26.5 Å². The van der Waals surface area contributed by atoms with Gasteiger partial charge in [-0.2, -0.15) is 0 Å². The lowest BCUT2D eigenvalue weighted by atomic mass is 10.2. The molecule has 0 aromatic heterocycles. The van der Waals surface area contributed by atoms with Gasteiger partial charge in [0.2, 0.25) is 0 Å². The Morgan fingerprint density at radius 3 is 2.62 bits per heavy atom. The molecular weight excluding hydrogens is 292 g/mol. The summed E-state index contributed by atoms with van der Waals surface area (Å²) in [5.74, 6) is 0. The second-order valence-electron chi connectivity index (χ2n) is 4.73. The van der Waals surface area contributed by atoms with Crippen LogP contribution in [-0.4, -0.2) is 48.1 Å². The lowest BCUT2D eigenvalue weighted by Gasteiger charge is -2.12. The molecule has 21 heavy (non-hydrogen) atoms. The summed E-state index contributed by atoms with van der Waals surface area (Å²) in [4.78, 5) is 0.162. The van der Waals surface area contributed by atoms with Gasteiger partial charge in [-0.15, -0.1) is 0 Å². The Morgan fingerprint density at radius 1 is 1.19 bits per heavy atom. The van der Waals surface area contributed by atoms with Crippen molar-refractivity contribution in [3.8, 4) is 0 Å². The summed E-state index contributed by atoms with van der Waals surface area (Å²) in [6.45, 7) is 2.61. The zero-order valence-electron chi connectivity index (χ0n) is 12.6. The molecule has 0 radical (unpaired) electrons. The number of sulfone groups is 1. The normalized spacial score (nSPS) is 11.5. The highest BCUT2D eigenvalue weighted by molar-refractivity contribution is 7.90. The van der Waals surface area contributed by atoms with Gasteiger partial charge in [0.1, 0.15) is 0 Å². The van der Waals surface area contributed by atoms with Crippen molar-refractivity contribution in [1.29, 1.82) is 0 Å². The molecule has 0 aliphatic heterocycles. The van der Waals surface area contributed by atoms with Crippen LogP contribution in [0.25, 0.3) is 0 Å². The first kappa shape index (κ1) is 17.7. The second-order valence-corrected chi connectivity index (χ2v) is 6.71. The minimum atomic E-state index is -3.30. The van der Waals surface area contributed by atoms with Gasteiger partial charge in [-0.25, -0.2) is 8.42 Å². The number of nitrogen functional groups attached to an aromatic ring is 1. The largest absolute Gasteiger partial charge is 0.396 e. The van der Waals surface area contributed by atoms with Crippen molar-refractivity contribution in [3.63, 3.8) is 0 Å². The summed E-state index contributed by atoms with van der Waals surface area (Å²) in [5.41, 5.74) is 6.81. The van der Waals surface area contributed by atoms with E-state index in [9.17, 15) is 8.42 Å². The molecule has 120 valence electrons.